The van der Waals surface area contributed by atoms with E-state index in [9.17, 15) is 0 Å². The van der Waals surface area contributed by atoms with Gasteiger partial charge in [-0.25, -0.2) is 0 Å². The van der Waals surface area contributed by atoms with Gasteiger partial charge in [-0.3, -0.25) is 4.90 Å². The highest BCUT2D eigenvalue weighted by Gasteiger charge is 2.19. The maximum absolute atomic E-state index is 9.02. The van der Waals surface area contributed by atoms with Crippen molar-refractivity contribution in [2.75, 3.05) is 45.9 Å². The standard InChI is InChI=1S/C14H33N3O2/c1-4-16(5-2)8-6-7-13(3)14(15)17(9-11-18)10-12-19/h13-14,18-19H,4-12,15H2,1-3H3. The summed E-state index contributed by atoms with van der Waals surface area (Å²) in [6.07, 6.45) is 2.13. The molecule has 0 saturated heterocycles. The average molecular weight is 275 g/mol. The van der Waals surface area contributed by atoms with Crippen LogP contribution in [0.1, 0.15) is 33.6 Å². The molecule has 2 unspecified atom stereocenters. The lowest BCUT2D eigenvalue weighted by Crippen LogP contribution is -2.48. The zero-order valence-electron chi connectivity index (χ0n) is 12.9. The second-order valence-electron chi connectivity index (χ2n) is 5.12. The minimum atomic E-state index is -0.0870. The molecule has 0 rings (SSSR count). The molecule has 0 aliphatic heterocycles. The summed E-state index contributed by atoms with van der Waals surface area (Å²) < 4.78 is 0. The minimum absolute atomic E-state index is 0.0832. The zero-order valence-corrected chi connectivity index (χ0v) is 12.9. The van der Waals surface area contributed by atoms with Crippen molar-refractivity contribution in [3.8, 4) is 0 Å². The minimum Gasteiger partial charge on any atom is -0.395 e. The van der Waals surface area contributed by atoms with Gasteiger partial charge in [0.2, 0.25) is 0 Å². The van der Waals surface area contributed by atoms with Crippen molar-refractivity contribution in [1.82, 2.24) is 9.80 Å². The van der Waals surface area contributed by atoms with Crippen LogP contribution in [-0.4, -0.2) is 72.1 Å². The van der Waals surface area contributed by atoms with Crippen molar-refractivity contribution in [3.63, 3.8) is 0 Å². The number of aliphatic hydroxyl groups excluding tert-OH is 2. The second-order valence-corrected chi connectivity index (χ2v) is 5.12. The Hall–Kier alpha value is -0.200. The van der Waals surface area contributed by atoms with Gasteiger partial charge in [0.1, 0.15) is 0 Å². The maximum atomic E-state index is 9.02. The molecule has 0 heterocycles. The molecule has 0 radical (unpaired) electrons. The summed E-state index contributed by atoms with van der Waals surface area (Å²) in [4.78, 5) is 4.37. The molecule has 0 aromatic carbocycles. The summed E-state index contributed by atoms with van der Waals surface area (Å²) in [5.41, 5.74) is 6.21. The molecule has 0 spiro atoms. The largest absolute Gasteiger partial charge is 0.395 e. The van der Waals surface area contributed by atoms with Crippen LogP contribution in [0, 0.1) is 5.92 Å². The van der Waals surface area contributed by atoms with E-state index >= 15 is 0 Å². The van der Waals surface area contributed by atoms with Gasteiger partial charge in [0.05, 0.1) is 19.4 Å². The summed E-state index contributed by atoms with van der Waals surface area (Å²) in [6, 6.07) is 0. The molecule has 0 fully saturated rings. The smallest absolute Gasteiger partial charge is 0.0599 e. The average Bonchev–Trinajstić information content (AvgIpc) is 2.42. The molecule has 0 aromatic rings. The zero-order chi connectivity index (χ0) is 14.7. The molecule has 4 N–H and O–H groups in total. The van der Waals surface area contributed by atoms with E-state index in [1.165, 1.54) is 0 Å². The number of hydrogen-bond acceptors (Lipinski definition) is 5. The van der Waals surface area contributed by atoms with Crippen molar-refractivity contribution in [3.05, 3.63) is 0 Å². The van der Waals surface area contributed by atoms with E-state index in [2.05, 4.69) is 25.7 Å². The van der Waals surface area contributed by atoms with E-state index in [1.807, 2.05) is 4.90 Å². The van der Waals surface area contributed by atoms with E-state index in [0.29, 0.717) is 19.0 Å². The molecular formula is C14H33N3O2. The summed E-state index contributed by atoms with van der Waals surface area (Å²) >= 11 is 0. The predicted octanol–water partition coefficient (Wildman–Crippen LogP) is 0.316. The molecule has 2 atom stereocenters. The molecule has 5 nitrogen and oxygen atoms in total. The highest BCUT2D eigenvalue weighted by molar-refractivity contribution is 4.72. The first-order valence-corrected chi connectivity index (χ1v) is 7.54. The Balaban J connectivity index is 4.05. The summed E-state index contributed by atoms with van der Waals surface area (Å²) in [5.74, 6) is 0.369. The number of aliphatic hydroxyl groups is 2. The second kappa shape index (κ2) is 11.6. The lowest BCUT2D eigenvalue weighted by atomic mass is 10.0. The lowest BCUT2D eigenvalue weighted by Gasteiger charge is -2.32. The van der Waals surface area contributed by atoms with Crippen LogP contribution in [0.5, 0.6) is 0 Å². The van der Waals surface area contributed by atoms with Crippen LogP contribution in [-0.2, 0) is 0 Å². The molecule has 0 saturated carbocycles. The van der Waals surface area contributed by atoms with Gasteiger partial charge < -0.3 is 20.8 Å². The van der Waals surface area contributed by atoms with Crippen LogP contribution in [0.25, 0.3) is 0 Å². The Bertz CT molecular complexity index is 195. The SMILES string of the molecule is CCN(CC)CCCC(C)C(N)N(CCO)CCO. The monoisotopic (exact) mass is 275 g/mol. The third-order valence-corrected chi connectivity index (χ3v) is 3.81. The quantitative estimate of drug-likeness (QED) is 0.447. The van der Waals surface area contributed by atoms with Gasteiger partial charge in [-0.2, -0.15) is 0 Å². The molecule has 0 aliphatic carbocycles. The van der Waals surface area contributed by atoms with E-state index in [0.717, 1.165) is 32.5 Å². The van der Waals surface area contributed by atoms with Gasteiger partial charge >= 0.3 is 0 Å². The summed E-state index contributed by atoms with van der Waals surface area (Å²) in [6.45, 7) is 11.0. The highest BCUT2D eigenvalue weighted by atomic mass is 16.3. The highest BCUT2D eigenvalue weighted by Crippen LogP contribution is 2.13. The Morgan fingerprint density at radius 3 is 1.95 bits per heavy atom. The number of nitrogens with two attached hydrogens (primary N) is 1. The Morgan fingerprint density at radius 1 is 1.00 bits per heavy atom. The first-order valence-electron chi connectivity index (χ1n) is 7.54. The van der Waals surface area contributed by atoms with Crippen LogP contribution in [0.2, 0.25) is 0 Å². The first-order chi connectivity index (χ1) is 9.10. The molecule has 0 aromatic heterocycles. The van der Waals surface area contributed by atoms with Crippen molar-refractivity contribution < 1.29 is 10.2 Å². The fraction of sp³-hybridized carbons (Fsp3) is 1.00. The molecular weight excluding hydrogens is 242 g/mol. The van der Waals surface area contributed by atoms with Gasteiger partial charge in [0.25, 0.3) is 0 Å². The van der Waals surface area contributed by atoms with Gasteiger partial charge in [0, 0.05) is 13.1 Å². The van der Waals surface area contributed by atoms with Crippen molar-refractivity contribution >= 4 is 0 Å². The van der Waals surface area contributed by atoms with Gasteiger partial charge in [-0.15, -0.1) is 0 Å². The maximum Gasteiger partial charge on any atom is 0.0599 e. The molecule has 116 valence electrons. The Morgan fingerprint density at radius 2 is 1.53 bits per heavy atom. The Labute approximate surface area is 118 Å². The molecule has 0 amide bonds. The van der Waals surface area contributed by atoms with Crippen LogP contribution >= 0.6 is 0 Å². The molecule has 0 bridgehead atoms. The van der Waals surface area contributed by atoms with E-state index in [-0.39, 0.29) is 19.4 Å². The normalized spacial score (nSPS) is 15.2. The van der Waals surface area contributed by atoms with E-state index in [4.69, 9.17) is 15.9 Å². The molecule has 19 heavy (non-hydrogen) atoms. The van der Waals surface area contributed by atoms with Crippen LogP contribution < -0.4 is 5.73 Å². The van der Waals surface area contributed by atoms with Gasteiger partial charge in [0.15, 0.2) is 0 Å². The van der Waals surface area contributed by atoms with Crippen molar-refractivity contribution in [1.29, 1.82) is 0 Å². The number of nitrogens with zero attached hydrogens (tertiary/aromatic N) is 2. The Kier molecular flexibility index (Phi) is 11.5. The van der Waals surface area contributed by atoms with Gasteiger partial charge in [-0.05, 0) is 38.4 Å². The molecule has 5 heteroatoms. The topological polar surface area (TPSA) is 73.0 Å². The van der Waals surface area contributed by atoms with Crippen molar-refractivity contribution in [2.45, 2.75) is 39.8 Å². The lowest BCUT2D eigenvalue weighted by molar-refractivity contribution is 0.0932. The fourth-order valence-corrected chi connectivity index (χ4v) is 2.37. The first kappa shape index (κ1) is 18.8. The van der Waals surface area contributed by atoms with E-state index < -0.39 is 0 Å². The number of rotatable bonds is 12. The van der Waals surface area contributed by atoms with E-state index in [1.54, 1.807) is 0 Å². The van der Waals surface area contributed by atoms with Crippen molar-refractivity contribution in [2.24, 2.45) is 11.7 Å². The van der Waals surface area contributed by atoms with Gasteiger partial charge in [-0.1, -0.05) is 20.8 Å². The number of hydrogen-bond donors (Lipinski definition) is 3. The van der Waals surface area contributed by atoms with Crippen LogP contribution in [0.3, 0.4) is 0 Å². The predicted molar refractivity (Wildman–Crippen MR) is 79.9 cm³/mol. The third kappa shape index (κ3) is 7.84. The molecule has 0 aliphatic rings. The summed E-state index contributed by atoms with van der Waals surface area (Å²) in [5, 5.41) is 18.0. The third-order valence-electron chi connectivity index (χ3n) is 3.81. The fourth-order valence-electron chi connectivity index (χ4n) is 2.37. The summed E-state index contributed by atoms with van der Waals surface area (Å²) in [7, 11) is 0. The van der Waals surface area contributed by atoms with Crippen LogP contribution in [0.15, 0.2) is 0 Å². The van der Waals surface area contributed by atoms with Crippen LogP contribution in [0.4, 0.5) is 0 Å².